The van der Waals surface area contributed by atoms with Gasteiger partial charge in [-0.1, -0.05) is 0 Å². The van der Waals surface area contributed by atoms with E-state index in [1.54, 1.807) is 7.05 Å². The van der Waals surface area contributed by atoms with Crippen LogP contribution in [0.3, 0.4) is 0 Å². The number of amides is 1. The highest BCUT2D eigenvalue weighted by Crippen LogP contribution is 2.15. The highest BCUT2D eigenvalue weighted by molar-refractivity contribution is 7.89. The predicted octanol–water partition coefficient (Wildman–Crippen LogP) is -0.171. The number of rotatable bonds is 5. The van der Waals surface area contributed by atoms with E-state index in [1.165, 1.54) is 16.8 Å². The third kappa shape index (κ3) is 3.59. The van der Waals surface area contributed by atoms with Crippen LogP contribution in [0.2, 0.25) is 0 Å². The zero-order valence-corrected chi connectivity index (χ0v) is 12.1. The maximum Gasteiger partial charge on any atom is 0.267 e. The Kier molecular flexibility index (Phi) is 4.46. The van der Waals surface area contributed by atoms with Crippen molar-refractivity contribution in [1.82, 2.24) is 9.88 Å². The van der Waals surface area contributed by atoms with E-state index < -0.39 is 10.0 Å². The Balaban J connectivity index is 1.93. The Morgan fingerprint density at radius 2 is 2.35 bits per heavy atom. The molecule has 7 nitrogen and oxygen atoms in total. The van der Waals surface area contributed by atoms with E-state index in [1.807, 2.05) is 0 Å². The Morgan fingerprint density at radius 1 is 1.60 bits per heavy atom. The SMILES string of the molecule is Cn1cc(S(N)(=O)=O)cc1C(=O)NCCC1CCOC1. The van der Waals surface area contributed by atoms with Crippen LogP contribution in [0.25, 0.3) is 0 Å². The van der Waals surface area contributed by atoms with Crippen LogP contribution >= 0.6 is 0 Å². The lowest BCUT2D eigenvalue weighted by Gasteiger charge is -2.09. The van der Waals surface area contributed by atoms with Crippen molar-refractivity contribution < 1.29 is 17.9 Å². The van der Waals surface area contributed by atoms with Crippen LogP contribution in [-0.4, -0.2) is 38.7 Å². The lowest BCUT2D eigenvalue weighted by molar-refractivity contribution is 0.0942. The second-order valence-electron chi connectivity index (χ2n) is 4.99. The number of hydrogen-bond donors (Lipinski definition) is 2. The summed E-state index contributed by atoms with van der Waals surface area (Å²) in [5.74, 6) is 0.185. The fourth-order valence-electron chi connectivity index (χ4n) is 2.21. The van der Waals surface area contributed by atoms with Crippen molar-refractivity contribution >= 4 is 15.9 Å². The summed E-state index contributed by atoms with van der Waals surface area (Å²) in [6, 6.07) is 1.28. The van der Waals surface area contributed by atoms with Gasteiger partial charge < -0.3 is 14.6 Å². The molecule has 3 N–H and O–H groups in total. The van der Waals surface area contributed by atoms with Gasteiger partial charge in [0, 0.05) is 33.0 Å². The minimum absolute atomic E-state index is 0.0608. The Hall–Kier alpha value is -1.38. The molecule has 0 bridgehead atoms. The Bertz CT molecular complexity index is 588. The van der Waals surface area contributed by atoms with E-state index in [0.29, 0.717) is 12.5 Å². The number of sulfonamides is 1. The van der Waals surface area contributed by atoms with Gasteiger partial charge in [-0.05, 0) is 24.8 Å². The first-order valence-corrected chi connectivity index (χ1v) is 7.97. The van der Waals surface area contributed by atoms with Crippen molar-refractivity contribution in [1.29, 1.82) is 0 Å². The quantitative estimate of drug-likeness (QED) is 0.788. The van der Waals surface area contributed by atoms with Gasteiger partial charge in [-0.3, -0.25) is 4.79 Å². The van der Waals surface area contributed by atoms with Gasteiger partial charge in [0.15, 0.2) is 0 Å². The first kappa shape index (κ1) is 15.0. The van der Waals surface area contributed by atoms with Crippen molar-refractivity contribution in [2.24, 2.45) is 18.1 Å². The molecule has 2 heterocycles. The van der Waals surface area contributed by atoms with Crippen LogP contribution in [0.4, 0.5) is 0 Å². The number of nitrogens with two attached hydrogens (primary N) is 1. The van der Waals surface area contributed by atoms with E-state index in [9.17, 15) is 13.2 Å². The van der Waals surface area contributed by atoms with Crippen molar-refractivity contribution in [3.05, 3.63) is 18.0 Å². The molecule has 1 atom stereocenters. The van der Waals surface area contributed by atoms with Crippen LogP contribution in [0.5, 0.6) is 0 Å². The molecule has 1 aliphatic heterocycles. The fraction of sp³-hybridized carbons (Fsp3) is 0.583. The minimum Gasteiger partial charge on any atom is -0.381 e. The van der Waals surface area contributed by atoms with Gasteiger partial charge in [0.05, 0.1) is 0 Å². The summed E-state index contributed by atoms with van der Waals surface area (Å²) in [4.78, 5) is 11.9. The molecule has 0 spiro atoms. The molecule has 1 aromatic rings. The molecule has 1 fully saturated rings. The molecule has 0 radical (unpaired) electrons. The second-order valence-corrected chi connectivity index (χ2v) is 6.55. The average Bonchev–Trinajstić information content (AvgIpc) is 2.97. The second kappa shape index (κ2) is 5.94. The number of nitrogens with one attached hydrogen (secondary N) is 1. The fourth-order valence-corrected chi connectivity index (χ4v) is 2.79. The smallest absolute Gasteiger partial charge is 0.267 e. The van der Waals surface area contributed by atoms with E-state index in [4.69, 9.17) is 9.88 Å². The van der Waals surface area contributed by atoms with Gasteiger partial charge in [-0.15, -0.1) is 0 Å². The van der Waals surface area contributed by atoms with Crippen molar-refractivity contribution in [2.45, 2.75) is 17.7 Å². The number of carbonyl (C=O) groups is 1. The number of ether oxygens (including phenoxy) is 1. The molecule has 8 heteroatoms. The van der Waals surface area contributed by atoms with Crippen LogP contribution < -0.4 is 10.5 Å². The molecule has 112 valence electrons. The molecule has 2 rings (SSSR count). The topological polar surface area (TPSA) is 103 Å². The van der Waals surface area contributed by atoms with Crippen LogP contribution in [-0.2, 0) is 21.8 Å². The summed E-state index contributed by atoms with van der Waals surface area (Å²) in [6.07, 6.45) is 3.21. The summed E-state index contributed by atoms with van der Waals surface area (Å²) in [6.45, 7) is 2.08. The van der Waals surface area contributed by atoms with Crippen molar-refractivity contribution in [3.8, 4) is 0 Å². The van der Waals surface area contributed by atoms with Gasteiger partial charge in [0.2, 0.25) is 10.0 Å². The molecule has 20 heavy (non-hydrogen) atoms. The lowest BCUT2D eigenvalue weighted by Crippen LogP contribution is -2.27. The molecule has 1 unspecified atom stereocenters. The minimum atomic E-state index is -3.79. The summed E-state index contributed by atoms with van der Waals surface area (Å²) in [5.41, 5.74) is 0.275. The van der Waals surface area contributed by atoms with Crippen molar-refractivity contribution in [2.75, 3.05) is 19.8 Å². The van der Waals surface area contributed by atoms with Gasteiger partial charge in [0.25, 0.3) is 5.91 Å². The number of hydrogen-bond acceptors (Lipinski definition) is 4. The summed E-state index contributed by atoms with van der Waals surface area (Å²) in [5, 5.41) is 7.82. The lowest BCUT2D eigenvalue weighted by atomic mass is 10.1. The number of primary sulfonamides is 1. The first-order chi connectivity index (χ1) is 9.38. The number of nitrogens with zero attached hydrogens (tertiary/aromatic N) is 1. The maximum absolute atomic E-state index is 12.0. The maximum atomic E-state index is 12.0. The molecule has 0 aromatic carbocycles. The van der Waals surface area contributed by atoms with Gasteiger partial charge in [-0.2, -0.15) is 0 Å². The molecular formula is C12H19N3O4S. The highest BCUT2D eigenvalue weighted by Gasteiger charge is 2.18. The van der Waals surface area contributed by atoms with Crippen molar-refractivity contribution in [3.63, 3.8) is 0 Å². The van der Waals surface area contributed by atoms with E-state index >= 15 is 0 Å². The third-order valence-corrected chi connectivity index (χ3v) is 4.28. The normalized spacial score (nSPS) is 19.2. The van der Waals surface area contributed by atoms with Gasteiger partial charge in [0.1, 0.15) is 10.6 Å². The zero-order chi connectivity index (χ0) is 14.8. The molecular weight excluding hydrogens is 282 g/mol. The summed E-state index contributed by atoms with van der Waals surface area (Å²) in [7, 11) is -2.18. The van der Waals surface area contributed by atoms with Gasteiger partial charge in [-0.25, -0.2) is 13.6 Å². The largest absolute Gasteiger partial charge is 0.381 e. The standard InChI is InChI=1S/C12H19N3O4S/c1-15-7-10(20(13,17)18)6-11(15)12(16)14-4-2-9-3-5-19-8-9/h6-7,9H,2-5,8H2,1H3,(H,14,16)(H2,13,17,18). The van der Waals surface area contributed by atoms with E-state index in [2.05, 4.69) is 5.32 Å². The van der Waals surface area contributed by atoms with Crippen LogP contribution in [0.15, 0.2) is 17.2 Å². The van der Waals surface area contributed by atoms with E-state index in [-0.39, 0.29) is 16.5 Å². The zero-order valence-electron chi connectivity index (χ0n) is 11.3. The summed E-state index contributed by atoms with van der Waals surface area (Å²) >= 11 is 0. The number of carbonyl (C=O) groups excluding carboxylic acids is 1. The Morgan fingerprint density at radius 3 is 2.90 bits per heavy atom. The molecule has 1 saturated heterocycles. The predicted molar refractivity (Wildman–Crippen MR) is 72.7 cm³/mol. The monoisotopic (exact) mass is 301 g/mol. The Labute approximate surface area is 118 Å². The number of aryl methyl sites for hydroxylation is 1. The summed E-state index contributed by atoms with van der Waals surface area (Å²) < 4.78 is 29.2. The third-order valence-electron chi connectivity index (χ3n) is 3.40. The van der Waals surface area contributed by atoms with Crippen LogP contribution in [0.1, 0.15) is 23.3 Å². The molecule has 0 aliphatic carbocycles. The molecule has 1 aliphatic rings. The highest BCUT2D eigenvalue weighted by atomic mass is 32.2. The molecule has 0 saturated carbocycles. The average molecular weight is 301 g/mol. The first-order valence-electron chi connectivity index (χ1n) is 6.43. The molecule has 1 amide bonds. The molecule has 1 aromatic heterocycles. The van der Waals surface area contributed by atoms with Crippen LogP contribution in [0, 0.1) is 5.92 Å². The number of aromatic nitrogens is 1. The van der Waals surface area contributed by atoms with E-state index in [0.717, 1.165) is 26.1 Å². The van der Waals surface area contributed by atoms with Gasteiger partial charge >= 0.3 is 0 Å².